The van der Waals surface area contributed by atoms with Crippen molar-refractivity contribution < 1.29 is 13.9 Å². The van der Waals surface area contributed by atoms with Crippen molar-refractivity contribution in [2.24, 2.45) is 0 Å². The van der Waals surface area contributed by atoms with Gasteiger partial charge in [-0.2, -0.15) is 0 Å². The quantitative estimate of drug-likeness (QED) is 0.754. The molecule has 0 heterocycles. The maximum Gasteiger partial charge on any atom is 0.257 e. The normalized spacial score (nSPS) is 10.7. The Labute approximate surface area is 150 Å². The fraction of sp³-hybridized carbons (Fsp3) is 0.316. The molecule has 5 heteroatoms. The number of halogens is 2. The fourth-order valence-electron chi connectivity index (χ4n) is 2.18. The van der Waals surface area contributed by atoms with Crippen LogP contribution in [0, 0.1) is 5.82 Å². The Morgan fingerprint density at radius 1 is 1.21 bits per heavy atom. The average molecular weight is 394 g/mol. The largest absolute Gasteiger partial charge is 0.483 e. The molecule has 0 atom stereocenters. The smallest absolute Gasteiger partial charge is 0.257 e. The van der Waals surface area contributed by atoms with Crippen LogP contribution in [0.25, 0.3) is 0 Å². The molecule has 0 saturated heterocycles. The molecule has 1 amide bonds. The zero-order valence-corrected chi connectivity index (χ0v) is 15.4. The molecule has 0 aliphatic heterocycles. The summed E-state index contributed by atoms with van der Waals surface area (Å²) in [4.78, 5) is 11.8. The summed E-state index contributed by atoms with van der Waals surface area (Å²) >= 11 is 3.47. The molecule has 2 aromatic rings. The summed E-state index contributed by atoms with van der Waals surface area (Å²) in [6.45, 7) is 4.69. The minimum atomic E-state index is -0.259. The van der Waals surface area contributed by atoms with Crippen LogP contribution in [-0.4, -0.2) is 19.1 Å². The van der Waals surface area contributed by atoms with Crippen LogP contribution in [0.15, 0.2) is 46.9 Å². The highest BCUT2D eigenvalue weighted by molar-refractivity contribution is 9.10. The highest BCUT2D eigenvalue weighted by atomic mass is 79.9. The van der Waals surface area contributed by atoms with Crippen LogP contribution >= 0.6 is 15.9 Å². The van der Waals surface area contributed by atoms with Crippen molar-refractivity contribution >= 4 is 21.8 Å². The van der Waals surface area contributed by atoms with E-state index in [2.05, 4.69) is 35.1 Å². The van der Waals surface area contributed by atoms with Gasteiger partial charge in [0.15, 0.2) is 6.61 Å². The lowest BCUT2D eigenvalue weighted by Crippen LogP contribution is -2.30. The van der Waals surface area contributed by atoms with Gasteiger partial charge in [-0.15, -0.1) is 0 Å². The number of ether oxygens (including phenoxy) is 1. The van der Waals surface area contributed by atoms with E-state index >= 15 is 0 Å². The number of rotatable bonds is 7. The molecular weight excluding hydrogens is 373 g/mol. The van der Waals surface area contributed by atoms with Gasteiger partial charge in [-0.1, -0.05) is 32.0 Å². The van der Waals surface area contributed by atoms with Gasteiger partial charge in [0.1, 0.15) is 11.6 Å². The number of benzene rings is 2. The predicted molar refractivity (Wildman–Crippen MR) is 96.8 cm³/mol. The first-order valence-corrected chi connectivity index (χ1v) is 8.68. The second-order valence-electron chi connectivity index (χ2n) is 5.86. The molecule has 0 saturated carbocycles. The maximum absolute atomic E-state index is 12.8. The lowest BCUT2D eigenvalue weighted by Gasteiger charge is -2.11. The van der Waals surface area contributed by atoms with Gasteiger partial charge >= 0.3 is 0 Å². The van der Waals surface area contributed by atoms with E-state index in [1.807, 2.05) is 18.2 Å². The van der Waals surface area contributed by atoms with Gasteiger partial charge < -0.3 is 10.1 Å². The molecule has 0 radical (unpaired) electrons. The first-order valence-electron chi connectivity index (χ1n) is 7.89. The molecule has 0 aliphatic carbocycles. The molecule has 0 bridgehead atoms. The molecule has 1 N–H and O–H groups in total. The van der Waals surface area contributed by atoms with E-state index in [0.29, 0.717) is 24.6 Å². The van der Waals surface area contributed by atoms with Crippen molar-refractivity contribution in [3.05, 3.63) is 63.9 Å². The standard InChI is InChI=1S/C19H21BrFNO2/c1-13(2)15-5-8-18(17(20)11-15)24-12-19(23)22-10-9-14-3-6-16(21)7-4-14/h3-8,11,13H,9-10,12H2,1-2H3,(H,22,23). The van der Waals surface area contributed by atoms with Crippen molar-refractivity contribution in [3.8, 4) is 5.75 Å². The van der Waals surface area contributed by atoms with Crippen LogP contribution in [0.5, 0.6) is 5.75 Å². The van der Waals surface area contributed by atoms with Crippen molar-refractivity contribution in [2.45, 2.75) is 26.2 Å². The molecule has 0 unspecified atom stereocenters. The van der Waals surface area contributed by atoms with Crippen molar-refractivity contribution in [3.63, 3.8) is 0 Å². The first kappa shape index (κ1) is 18.5. The van der Waals surface area contributed by atoms with Crippen LogP contribution < -0.4 is 10.1 Å². The van der Waals surface area contributed by atoms with E-state index in [9.17, 15) is 9.18 Å². The topological polar surface area (TPSA) is 38.3 Å². The Hall–Kier alpha value is -1.88. The number of hydrogen-bond acceptors (Lipinski definition) is 2. The number of amides is 1. The molecule has 2 aromatic carbocycles. The molecule has 0 aromatic heterocycles. The molecule has 0 fully saturated rings. The third-order valence-electron chi connectivity index (χ3n) is 3.63. The zero-order valence-electron chi connectivity index (χ0n) is 13.8. The minimum absolute atomic E-state index is 0.0386. The summed E-state index contributed by atoms with van der Waals surface area (Å²) in [5.74, 6) is 0.639. The number of carbonyl (C=O) groups excluding carboxylic acids is 1. The summed E-state index contributed by atoms with van der Waals surface area (Å²) in [5, 5.41) is 2.79. The van der Waals surface area contributed by atoms with Gasteiger partial charge in [0.05, 0.1) is 4.47 Å². The number of carbonyl (C=O) groups is 1. The second-order valence-corrected chi connectivity index (χ2v) is 6.71. The lowest BCUT2D eigenvalue weighted by molar-refractivity contribution is -0.123. The number of nitrogens with one attached hydrogen (secondary N) is 1. The summed E-state index contributed by atoms with van der Waals surface area (Å²) in [6, 6.07) is 12.1. The maximum atomic E-state index is 12.8. The predicted octanol–water partition coefficient (Wildman–Crippen LogP) is 4.45. The van der Waals surface area contributed by atoms with E-state index in [1.165, 1.54) is 17.7 Å². The molecule has 128 valence electrons. The van der Waals surface area contributed by atoms with Gasteiger partial charge in [-0.25, -0.2) is 4.39 Å². The highest BCUT2D eigenvalue weighted by Gasteiger charge is 2.08. The van der Waals surface area contributed by atoms with E-state index in [-0.39, 0.29) is 18.3 Å². The summed E-state index contributed by atoms with van der Waals surface area (Å²) in [7, 11) is 0. The van der Waals surface area contributed by atoms with Gasteiger partial charge in [0, 0.05) is 6.54 Å². The Morgan fingerprint density at radius 2 is 1.92 bits per heavy atom. The molecular formula is C19H21BrFNO2. The van der Waals surface area contributed by atoms with Crippen molar-refractivity contribution in [1.29, 1.82) is 0 Å². The van der Waals surface area contributed by atoms with Crippen LogP contribution in [0.3, 0.4) is 0 Å². The Balaban J connectivity index is 1.76. The SMILES string of the molecule is CC(C)c1ccc(OCC(=O)NCCc2ccc(F)cc2)c(Br)c1. The van der Waals surface area contributed by atoms with E-state index < -0.39 is 0 Å². The molecule has 0 aliphatic rings. The zero-order chi connectivity index (χ0) is 17.5. The van der Waals surface area contributed by atoms with Crippen molar-refractivity contribution in [2.75, 3.05) is 13.2 Å². The van der Waals surface area contributed by atoms with Gasteiger partial charge in [-0.3, -0.25) is 4.79 Å². The average Bonchev–Trinajstić information content (AvgIpc) is 2.55. The van der Waals surface area contributed by atoms with E-state index in [0.717, 1.165) is 10.0 Å². The molecule has 24 heavy (non-hydrogen) atoms. The van der Waals surface area contributed by atoms with E-state index in [4.69, 9.17) is 4.74 Å². The molecule has 3 nitrogen and oxygen atoms in total. The summed E-state index contributed by atoms with van der Waals surface area (Å²) in [6.07, 6.45) is 0.652. The van der Waals surface area contributed by atoms with Crippen LogP contribution in [0.4, 0.5) is 4.39 Å². The van der Waals surface area contributed by atoms with Crippen molar-refractivity contribution in [1.82, 2.24) is 5.32 Å². The highest BCUT2D eigenvalue weighted by Crippen LogP contribution is 2.28. The van der Waals surface area contributed by atoms with Gasteiger partial charge in [0.2, 0.25) is 0 Å². The summed E-state index contributed by atoms with van der Waals surface area (Å²) < 4.78 is 19.2. The Bertz CT molecular complexity index is 686. The van der Waals surface area contributed by atoms with Crippen LogP contribution in [0.2, 0.25) is 0 Å². The Kier molecular flexibility index (Phi) is 6.79. The van der Waals surface area contributed by atoms with Gasteiger partial charge in [0.25, 0.3) is 5.91 Å². The monoisotopic (exact) mass is 393 g/mol. The van der Waals surface area contributed by atoms with E-state index in [1.54, 1.807) is 12.1 Å². The van der Waals surface area contributed by atoms with Crippen LogP contribution in [-0.2, 0) is 11.2 Å². The first-order chi connectivity index (χ1) is 11.5. The molecule has 0 spiro atoms. The number of hydrogen-bond donors (Lipinski definition) is 1. The summed E-state index contributed by atoms with van der Waals surface area (Å²) in [5.41, 5.74) is 2.18. The fourth-order valence-corrected chi connectivity index (χ4v) is 2.70. The second kappa shape index (κ2) is 8.83. The third kappa shape index (κ3) is 5.64. The van der Waals surface area contributed by atoms with Gasteiger partial charge in [-0.05, 0) is 63.7 Å². The molecule has 2 rings (SSSR count). The van der Waals surface area contributed by atoms with Crippen LogP contribution in [0.1, 0.15) is 30.9 Å². The minimum Gasteiger partial charge on any atom is -0.483 e. The Morgan fingerprint density at radius 3 is 2.54 bits per heavy atom. The third-order valence-corrected chi connectivity index (χ3v) is 4.25. The lowest BCUT2D eigenvalue weighted by atomic mass is 10.0.